The first-order valence-corrected chi connectivity index (χ1v) is 13.4. The van der Waals surface area contributed by atoms with Crippen molar-refractivity contribution in [2.24, 2.45) is 0 Å². The molecule has 0 aromatic carbocycles. The van der Waals surface area contributed by atoms with E-state index in [4.69, 9.17) is 5.41 Å². The second-order valence-corrected chi connectivity index (χ2v) is 12.1. The molecule has 1 aromatic heterocycles. The van der Waals surface area contributed by atoms with Crippen LogP contribution in [0.3, 0.4) is 0 Å². The summed E-state index contributed by atoms with van der Waals surface area (Å²) >= 11 is 0. The molecule has 0 aliphatic rings. The van der Waals surface area contributed by atoms with Crippen LogP contribution in [0.25, 0.3) is 0 Å². The summed E-state index contributed by atoms with van der Waals surface area (Å²) < 4.78 is 71.8. The summed E-state index contributed by atoms with van der Waals surface area (Å²) in [7, 11) is -11.3. The molecule has 30 heavy (non-hydrogen) atoms. The Morgan fingerprint density at radius 3 is 1.17 bits per heavy atom. The molecule has 1 heterocycles. The SMILES string of the molecule is C=CS(=O)(=O)CCn1c(=N)n(CCS(=O)(=O)C=C)c(=O)n(CCS(=O)(=O)C=C)c1=O. The van der Waals surface area contributed by atoms with Gasteiger partial charge in [-0.15, -0.1) is 0 Å². The Kier molecular flexibility index (Phi) is 8.10. The molecule has 0 fully saturated rings. The Morgan fingerprint density at radius 1 is 0.633 bits per heavy atom. The normalized spacial score (nSPS) is 12.4. The first-order chi connectivity index (χ1) is 13.7. The van der Waals surface area contributed by atoms with Crippen LogP contribution in [0.1, 0.15) is 0 Å². The van der Waals surface area contributed by atoms with Crippen LogP contribution in [0.5, 0.6) is 0 Å². The van der Waals surface area contributed by atoms with Crippen LogP contribution >= 0.6 is 0 Å². The summed E-state index contributed by atoms with van der Waals surface area (Å²) in [5.74, 6) is -1.88. The van der Waals surface area contributed by atoms with E-state index >= 15 is 0 Å². The van der Waals surface area contributed by atoms with Crippen LogP contribution in [0.2, 0.25) is 0 Å². The zero-order valence-corrected chi connectivity index (χ0v) is 18.4. The molecule has 12 nitrogen and oxygen atoms in total. The standard InChI is InChI=1S/C15H22N4O8S3/c1-4-28(22,23)10-7-17-13(16)18(8-11-29(24,25)5-2)15(21)19(14(17)20)9-12-30(26,27)6-3/h4-6,16H,1-3,7-12H2. The van der Waals surface area contributed by atoms with E-state index in [-0.39, 0.29) is 0 Å². The number of aromatic nitrogens is 3. The largest absolute Gasteiger partial charge is 0.335 e. The lowest BCUT2D eigenvalue weighted by Gasteiger charge is -2.15. The van der Waals surface area contributed by atoms with Gasteiger partial charge in [-0.25, -0.2) is 39.4 Å². The number of hydrogen-bond acceptors (Lipinski definition) is 9. The number of hydrogen-bond donors (Lipinski definition) is 1. The third-order valence-electron chi connectivity index (χ3n) is 3.99. The molecule has 168 valence electrons. The summed E-state index contributed by atoms with van der Waals surface area (Å²) in [6.07, 6.45) is 0. The van der Waals surface area contributed by atoms with E-state index in [9.17, 15) is 34.8 Å². The maximum atomic E-state index is 12.6. The molecule has 1 aromatic rings. The highest BCUT2D eigenvalue weighted by Gasteiger charge is 2.18. The van der Waals surface area contributed by atoms with Gasteiger partial charge in [-0.1, -0.05) is 19.7 Å². The monoisotopic (exact) mass is 482 g/mol. The van der Waals surface area contributed by atoms with Gasteiger partial charge in [-0.05, 0) is 0 Å². The minimum absolute atomic E-state index is 0.500. The van der Waals surface area contributed by atoms with Gasteiger partial charge in [-0.2, -0.15) is 0 Å². The number of sulfone groups is 3. The van der Waals surface area contributed by atoms with Crippen molar-refractivity contribution in [3.8, 4) is 0 Å². The molecule has 0 aliphatic heterocycles. The van der Waals surface area contributed by atoms with E-state index < -0.39 is 83.4 Å². The van der Waals surface area contributed by atoms with Crippen molar-refractivity contribution in [3.63, 3.8) is 0 Å². The van der Waals surface area contributed by atoms with Crippen LogP contribution in [0.15, 0.2) is 45.6 Å². The number of nitrogens with zero attached hydrogens (tertiary/aromatic N) is 3. The number of rotatable bonds is 12. The third kappa shape index (κ3) is 6.50. The molecule has 0 radical (unpaired) electrons. The predicted octanol–water partition coefficient (Wildman–Crippen LogP) is -2.03. The lowest BCUT2D eigenvalue weighted by atomic mass is 10.6. The van der Waals surface area contributed by atoms with E-state index in [1.807, 2.05) is 0 Å². The zero-order valence-electron chi connectivity index (χ0n) is 15.9. The summed E-state index contributed by atoms with van der Waals surface area (Å²) in [4.78, 5) is 25.3. The predicted molar refractivity (Wildman–Crippen MR) is 111 cm³/mol. The number of nitrogens with one attached hydrogen (secondary N) is 1. The van der Waals surface area contributed by atoms with E-state index in [0.717, 1.165) is 0 Å². The molecular formula is C15H22N4O8S3. The van der Waals surface area contributed by atoms with E-state index in [1.54, 1.807) is 0 Å². The quantitative estimate of drug-likeness (QED) is 0.354. The molecular weight excluding hydrogens is 460 g/mol. The zero-order chi connectivity index (χ0) is 23.3. The van der Waals surface area contributed by atoms with Crippen molar-refractivity contribution in [2.75, 3.05) is 17.3 Å². The highest BCUT2D eigenvalue weighted by Crippen LogP contribution is 1.95. The minimum atomic E-state index is -3.78. The van der Waals surface area contributed by atoms with Gasteiger partial charge in [0.15, 0.2) is 29.5 Å². The first-order valence-electron chi connectivity index (χ1n) is 8.25. The second-order valence-electron chi connectivity index (χ2n) is 5.94. The maximum Gasteiger partial charge on any atom is 0.335 e. The fourth-order valence-corrected chi connectivity index (χ4v) is 4.01. The van der Waals surface area contributed by atoms with Gasteiger partial charge < -0.3 is 0 Å². The summed E-state index contributed by atoms with van der Waals surface area (Å²) in [6, 6.07) is 0. The van der Waals surface area contributed by atoms with Crippen LogP contribution in [0, 0.1) is 5.41 Å². The van der Waals surface area contributed by atoms with Crippen LogP contribution in [-0.2, 0) is 49.1 Å². The average Bonchev–Trinajstić information content (AvgIpc) is 2.67. The molecule has 0 saturated carbocycles. The molecule has 15 heteroatoms. The summed E-state index contributed by atoms with van der Waals surface area (Å²) in [6.45, 7) is 7.73. The summed E-state index contributed by atoms with van der Waals surface area (Å²) in [5, 5.41) is 10.1. The van der Waals surface area contributed by atoms with E-state index in [0.29, 0.717) is 29.9 Å². The summed E-state index contributed by atoms with van der Waals surface area (Å²) in [5.41, 5.74) is -2.94. The van der Waals surface area contributed by atoms with Gasteiger partial charge in [0.05, 0.1) is 17.3 Å². The van der Waals surface area contributed by atoms with Gasteiger partial charge >= 0.3 is 11.4 Å². The molecule has 0 saturated heterocycles. The Hall–Kier alpha value is -2.52. The van der Waals surface area contributed by atoms with Gasteiger partial charge in [0.2, 0.25) is 5.62 Å². The fraction of sp³-hybridized carbons (Fsp3) is 0.400. The van der Waals surface area contributed by atoms with Crippen LogP contribution < -0.4 is 17.0 Å². The Morgan fingerprint density at radius 2 is 0.900 bits per heavy atom. The maximum absolute atomic E-state index is 12.6. The Labute approximate surface area is 173 Å². The van der Waals surface area contributed by atoms with Gasteiger partial charge in [0.1, 0.15) is 0 Å². The molecule has 0 atom stereocenters. The molecule has 1 N–H and O–H groups in total. The molecule has 1 rings (SSSR count). The van der Waals surface area contributed by atoms with Crippen molar-refractivity contribution < 1.29 is 25.3 Å². The molecule has 0 spiro atoms. The van der Waals surface area contributed by atoms with E-state index in [2.05, 4.69) is 19.7 Å². The second kappa shape index (κ2) is 9.53. The average molecular weight is 483 g/mol. The third-order valence-corrected chi connectivity index (χ3v) is 7.77. The van der Waals surface area contributed by atoms with Crippen LogP contribution in [-0.4, -0.2) is 56.2 Å². The fourth-order valence-electron chi connectivity index (χ4n) is 2.20. The molecule has 0 bridgehead atoms. The van der Waals surface area contributed by atoms with Crippen molar-refractivity contribution in [3.05, 3.63) is 62.5 Å². The van der Waals surface area contributed by atoms with Crippen LogP contribution in [0.4, 0.5) is 0 Å². The lowest BCUT2D eigenvalue weighted by Crippen LogP contribution is -2.56. The van der Waals surface area contributed by atoms with E-state index in [1.165, 1.54) is 0 Å². The lowest BCUT2D eigenvalue weighted by molar-refractivity contribution is 0.454. The minimum Gasteiger partial charge on any atom is -0.268 e. The Bertz CT molecular complexity index is 1150. The Balaban J connectivity index is 3.63. The molecule has 0 amide bonds. The van der Waals surface area contributed by atoms with Crippen molar-refractivity contribution in [2.45, 2.75) is 19.6 Å². The smallest absolute Gasteiger partial charge is 0.268 e. The van der Waals surface area contributed by atoms with Crippen molar-refractivity contribution in [1.29, 1.82) is 5.41 Å². The molecule has 0 aliphatic carbocycles. The van der Waals surface area contributed by atoms with Crippen molar-refractivity contribution >= 4 is 29.5 Å². The first kappa shape index (κ1) is 25.5. The van der Waals surface area contributed by atoms with Crippen molar-refractivity contribution in [1.82, 2.24) is 13.7 Å². The molecule has 0 unspecified atom stereocenters. The van der Waals surface area contributed by atoms with Gasteiger partial charge in [0.25, 0.3) is 0 Å². The topological polar surface area (TPSA) is 175 Å². The van der Waals surface area contributed by atoms with Gasteiger partial charge in [-0.3, -0.25) is 14.5 Å². The highest BCUT2D eigenvalue weighted by atomic mass is 32.2. The highest BCUT2D eigenvalue weighted by molar-refractivity contribution is 7.94. The van der Waals surface area contributed by atoms with Gasteiger partial charge in [0, 0.05) is 35.9 Å².